The van der Waals surface area contributed by atoms with Gasteiger partial charge in [0.2, 0.25) is 5.90 Å². The summed E-state index contributed by atoms with van der Waals surface area (Å²) in [6, 6.07) is 19.6. The van der Waals surface area contributed by atoms with Crippen LogP contribution in [0.15, 0.2) is 89.1 Å². The molecule has 0 bridgehead atoms. The zero-order valence-corrected chi connectivity index (χ0v) is 19.3. The van der Waals surface area contributed by atoms with E-state index < -0.39 is 0 Å². The second-order valence-electron chi connectivity index (χ2n) is 8.83. The molecule has 1 unspecified atom stereocenters. The summed E-state index contributed by atoms with van der Waals surface area (Å²) in [6.07, 6.45) is 6.48. The molecule has 5 heteroatoms. The second-order valence-corrected chi connectivity index (χ2v) is 9.61. The molecule has 1 aliphatic heterocycles. The minimum Gasteiger partial charge on any atom is -0.475 e. The van der Waals surface area contributed by atoms with Gasteiger partial charge in [0.05, 0.1) is 12.9 Å². The molecule has 0 amide bonds. The summed E-state index contributed by atoms with van der Waals surface area (Å²) in [5, 5.41) is 4.27. The molecule has 0 saturated carbocycles. The summed E-state index contributed by atoms with van der Waals surface area (Å²) in [5.74, 6) is 1.25. The van der Waals surface area contributed by atoms with Gasteiger partial charge in [0.15, 0.2) is 0 Å². The number of aliphatic imine (C=N–C) groups is 1. The van der Waals surface area contributed by atoms with Crippen molar-refractivity contribution in [1.29, 1.82) is 0 Å². The third-order valence-corrected chi connectivity index (χ3v) is 6.70. The van der Waals surface area contributed by atoms with Gasteiger partial charge < -0.3 is 9.30 Å². The van der Waals surface area contributed by atoms with Crippen LogP contribution in [0, 0.1) is 0 Å². The van der Waals surface area contributed by atoms with E-state index in [1.165, 1.54) is 22.3 Å². The van der Waals surface area contributed by atoms with Crippen LogP contribution in [-0.2, 0) is 17.7 Å². The van der Waals surface area contributed by atoms with Gasteiger partial charge in [0.1, 0.15) is 12.1 Å². The number of benzene rings is 2. The van der Waals surface area contributed by atoms with E-state index in [0.29, 0.717) is 12.5 Å². The Morgan fingerprint density at radius 3 is 2.44 bits per heavy atom. The highest BCUT2D eigenvalue weighted by atomic mass is 32.1. The molecule has 2 aromatic heterocycles. The Morgan fingerprint density at radius 1 is 1.00 bits per heavy atom. The molecule has 4 nitrogen and oxygen atoms in total. The lowest BCUT2D eigenvalue weighted by Crippen LogP contribution is -2.36. The van der Waals surface area contributed by atoms with E-state index >= 15 is 0 Å². The van der Waals surface area contributed by atoms with Crippen LogP contribution in [0.25, 0.3) is 11.1 Å². The third-order valence-electron chi connectivity index (χ3n) is 6.02. The number of hydrogen-bond acceptors (Lipinski definition) is 4. The summed E-state index contributed by atoms with van der Waals surface area (Å²) in [6.45, 7) is 5.73. The summed E-state index contributed by atoms with van der Waals surface area (Å²) in [5.41, 5.74) is 5.75. The predicted octanol–water partition coefficient (Wildman–Crippen LogP) is 6.19. The minimum absolute atomic E-state index is 0.360. The summed E-state index contributed by atoms with van der Waals surface area (Å²) in [4.78, 5) is 9.38. The first-order chi connectivity index (χ1) is 15.6. The van der Waals surface area contributed by atoms with E-state index in [1.807, 2.05) is 18.7 Å². The molecule has 1 atom stereocenters. The van der Waals surface area contributed by atoms with E-state index in [2.05, 4.69) is 88.8 Å². The van der Waals surface area contributed by atoms with E-state index in [9.17, 15) is 0 Å². The Morgan fingerprint density at radius 2 is 1.78 bits per heavy atom. The van der Waals surface area contributed by atoms with Crippen LogP contribution in [0.1, 0.15) is 36.5 Å². The molecule has 0 aliphatic carbocycles. The summed E-state index contributed by atoms with van der Waals surface area (Å²) in [7, 11) is 0. The normalized spacial score (nSPS) is 18.0. The van der Waals surface area contributed by atoms with Crippen molar-refractivity contribution < 1.29 is 4.74 Å². The number of thiophene rings is 1. The molecular weight excluding hydrogens is 414 g/mol. The minimum atomic E-state index is -0.360. The summed E-state index contributed by atoms with van der Waals surface area (Å²) < 4.78 is 8.28. The first-order valence-corrected chi connectivity index (χ1v) is 11.9. The molecule has 2 aromatic carbocycles. The van der Waals surface area contributed by atoms with Crippen molar-refractivity contribution in [2.24, 2.45) is 4.99 Å². The topological polar surface area (TPSA) is 39.4 Å². The van der Waals surface area contributed by atoms with E-state index in [0.717, 1.165) is 24.4 Å². The van der Waals surface area contributed by atoms with Gasteiger partial charge in [-0.05, 0) is 57.1 Å². The molecule has 0 saturated heterocycles. The molecule has 0 spiro atoms. The zero-order valence-electron chi connectivity index (χ0n) is 18.4. The predicted molar refractivity (Wildman–Crippen MR) is 131 cm³/mol. The van der Waals surface area contributed by atoms with Crippen LogP contribution in [0.2, 0.25) is 0 Å². The highest BCUT2D eigenvalue weighted by Crippen LogP contribution is 2.30. The van der Waals surface area contributed by atoms with Gasteiger partial charge in [0, 0.05) is 24.4 Å². The standard InChI is InChI=1S/C27H27N3OS/c1-20(2)22-5-3-21(4-6-22)15-27(17-30-13-12-28-19-30)18-31-26(29-27)24-9-7-23(8-10-24)25-11-14-32-16-25/h3-14,16,19-20H,15,17-18H2,1-2H3. The fourth-order valence-electron chi connectivity index (χ4n) is 4.21. The van der Waals surface area contributed by atoms with Crippen molar-refractivity contribution in [3.05, 3.63) is 101 Å². The Kier molecular flexibility index (Phi) is 5.66. The van der Waals surface area contributed by atoms with Crippen LogP contribution in [0.4, 0.5) is 0 Å². The Labute approximate surface area is 193 Å². The van der Waals surface area contributed by atoms with Crippen molar-refractivity contribution in [1.82, 2.24) is 9.55 Å². The molecule has 4 aromatic rings. The van der Waals surface area contributed by atoms with Crippen LogP contribution in [0.3, 0.4) is 0 Å². The van der Waals surface area contributed by atoms with Gasteiger partial charge in [0.25, 0.3) is 0 Å². The third kappa shape index (κ3) is 4.39. The van der Waals surface area contributed by atoms with Crippen molar-refractivity contribution in [2.75, 3.05) is 6.61 Å². The zero-order chi connectivity index (χ0) is 22.0. The van der Waals surface area contributed by atoms with E-state index in [-0.39, 0.29) is 5.54 Å². The number of nitrogens with zero attached hydrogens (tertiary/aromatic N) is 3. The molecule has 162 valence electrons. The van der Waals surface area contributed by atoms with E-state index in [1.54, 1.807) is 11.3 Å². The maximum atomic E-state index is 6.19. The van der Waals surface area contributed by atoms with Crippen molar-refractivity contribution >= 4 is 17.2 Å². The molecule has 0 fully saturated rings. The molecule has 0 N–H and O–H groups in total. The fourth-order valence-corrected chi connectivity index (χ4v) is 4.88. The van der Waals surface area contributed by atoms with Crippen LogP contribution in [-0.4, -0.2) is 27.6 Å². The molecule has 5 rings (SSSR count). The average Bonchev–Trinajstić information content (AvgIpc) is 3.58. The number of ether oxygens (including phenoxy) is 1. The highest BCUT2D eigenvalue weighted by molar-refractivity contribution is 7.08. The smallest absolute Gasteiger partial charge is 0.216 e. The van der Waals surface area contributed by atoms with Gasteiger partial charge >= 0.3 is 0 Å². The Balaban J connectivity index is 1.43. The van der Waals surface area contributed by atoms with Crippen LogP contribution >= 0.6 is 11.3 Å². The summed E-state index contributed by atoms with van der Waals surface area (Å²) >= 11 is 1.71. The number of rotatable bonds is 7. The van der Waals surface area contributed by atoms with Crippen molar-refractivity contribution in [3.8, 4) is 11.1 Å². The van der Waals surface area contributed by atoms with Crippen LogP contribution < -0.4 is 0 Å². The first-order valence-electron chi connectivity index (χ1n) is 11.0. The van der Waals surface area contributed by atoms with Crippen molar-refractivity contribution in [3.63, 3.8) is 0 Å². The monoisotopic (exact) mass is 441 g/mol. The Hall–Kier alpha value is -3.18. The molecule has 1 aliphatic rings. The molecular formula is C27H27N3OS. The molecule has 32 heavy (non-hydrogen) atoms. The maximum Gasteiger partial charge on any atom is 0.216 e. The van der Waals surface area contributed by atoms with E-state index in [4.69, 9.17) is 9.73 Å². The lowest BCUT2D eigenvalue weighted by Gasteiger charge is -2.25. The van der Waals surface area contributed by atoms with Gasteiger partial charge in [-0.1, -0.05) is 50.2 Å². The number of hydrogen-bond donors (Lipinski definition) is 0. The SMILES string of the molecule is CC(C)c1ccc(CC2(Cn3ccnc3)COC(c3ccc(-c4ccsc4)cc3)=N2)cc1. The number of imidazole rings is 1. The average molecular weight is 442 g/mol. The highest BCUT2D eigenvalue weighted by Gasteiger charge is 2.38. The quantitative estimate of drug-likeness (QED) is 0.343. The second kappa shape index (κ2) is 8.75. The molecule has 3 heterocycles. The fraction of sp³-hybridized carbons (Fsp3) is 0.259. The lowest BCUT2D eigenvalue weighted by molar-refractivity contribution is 0.233. The van der Waals surface area contributed by atoms with Crippen molar-refractivity contribution in [2.45, 2.75) is 38.3 Å². The number of aromatic nitrogens is 2. The van der Waals surface area contributed by atoms with Gasteiger partial charge in [-0.2, -0.15) is 11.3 Å². The van der Waals surface area contributed by atoms with Gasteiger partial charge in [-0.3, -0.25) is 0 Å². The largest absolute Gasteiger partial charge is 0.475 e. The van der Waals surface area contributed by atoms with Gasteiger partial charge in [-0.25, -0.2) is 9.98 Å². The van der Waals surface area contributed by atoms with Crippen LogP contribution in [0.5, 0.6) is 0 Å². The molecule has 0 radical (unpaired) electrons. The first kappa shape index (κ1) is 20.7. The van der Waals surface area contributed by atoms with Gasteiger partial charge in [-0.15, -0.1) is 0 Å². The maximum absolute atomic E-state index is 6.19. The lowest BCUT2D eigenvalue weighted by atomic mass is 9.91. The Bertz CT molecular complexity index is 1180.